The summed E-state index contributed by atoms with van der Waals surface area (Å²) in [5, 5.41) is 3.46. The highest BCUT2D eigenvalue weighted by atomic mass is 32.1. The molecule has 0 spiro atoms. The lowest BCUT2D eigenvalue weighted by molar-refractivity contribution is 0.0559. The van der Waals surface area contributed by atoms with Crippen molar-refractivity contribution in [2.75, 3.05) is 6.54 Å². The summed E-state index contributed by atoms with van der Waals surface area (Å²) < 4.78 is 5.75. The van der Waals surface area contributed by atoms with Gasteiger partial charge in [0.15, 0.2) is 0 Å². The number of ether oxygens (including phenoxy) is 1. The SMILES string of the molecule is Cc1ccc(CNCC2CCC(C)O2)s1. The van der Waals surface area contributed by atoms with Crippen LogP contribution in [0.25, 0.3) is 0 Å². The lowest BCUT2D eigenvalue weighted by atomic mass is 10.2. The summed E-state index contributed by atoms with van der Waals surface area (Å²) in [6, 6.07) is 4.38. The Morgan fingerprint density at radius 3 is 2.93 bits per heavy atom. The van der Waals surface area contributed by atoms with Crippen molar-refractivity contribution in [2.45, 2.75) is 45.4 Å². The predicted octanol–water partition coefficient (Wildman–Crippen LogP) is 2.71. The molecule has 2 rings (SSSR count). The second-order valence-electron chi connectivity index (χ2n) is 4.29. The molecule has 3 heteroatoms. The molecule has 1 saturated heterocycles. The summed E-state index contributed by atoms with van der Waals surface area (Å²) in [5.41, 5.74) is 0. The molecule has 2 heterocycles. The van der Waals surface area contributed by atoms with Crippen LogP contribution in [0.5, 0.6) is 0 Å². The third kappa shape index (κ3) is 3.30. The van der Waals surface area contributed by atoms with Gasteiger partial charge in [-0.05, 0) is 38.8 Å². The molecule has 84 valence electrons. The van der Waals surface area contributed by atoms with Gasteiger partial charge in [-0.15, -0.1) is 11.3 Å². The van der Waals surface area contributed by atoms with E-state index in [4.69, 9.17) is 4.74 Å². The van der Waals surface area contributed by atoms with Crippen molar-refractivity contribution in [2.24, 2.45) is 0 Å². The van der Waals surface area contributed by atoms with E-state index < -0.39 is 0 Å². The second-order valence-corrected chi connectivity index (χ2v) is 5.66. The molecule has 0 aromatic carbocycles. The van der Waals surface area contributed by atoms with Gasteiger partial charge in [0.05, 0.1) is 12.2 Å². The maximum Gasteiger partial charge on any atom is 0.0704 e. The highest BCUT2D eigenvalue weighted by molar-refractivity contribution is 7.11. The van der Waals surface area contributed by atoms with E-state index >= 15 is 0 Å². The van der Waals surface area contributed by atoms with Crippen molar-refractivity contribution in [3.05, 3.63) is 21.9 Å². The molecule has 1 fully saturated rings. The number of nitrogens with one attached hydrogen (secondary N) is 1. The van der Waals surface area contributed by atoms with Gasteiger partial charge >= 0.3 is 0 Å². The van der Waals surface area contributed by atoms with Gasteiger partial charge in [0.1, 0.15) is 0 Å². The average molecular weight is 225 g/mol. The van der Waals surface area contributed by atoms with Crippen LogP contribution in [-0.2, 0) is 11.3 Å². The molecule has 2 nitrogen and oxygen atoms in total. The lowest BCUT2D eigenvalue weighted by Crippen LogP contribution is -2.26. The first-order chi connectivity index (χ1) is 7.24. The Hall–Kier alpha value is -0.380. The number of hydrogen-bond donors (Lipinski definition) is 1. The third-order valence-electron chi connectivity index (χ3n) is 2.79. The van der Waals surface area contributed by atoms with Gasteiger partial charge in [-0.25, -0.2) is 0 Å². The van der Waals surface area contributed by atoms with E-state index in [1.807, 2.05) is 11.3 Å². The van der Waals surface area contributed by atoms with Gasteiger partial charge < -0.3 is 10.1 Å². The quantitative estimate of drug-likeness (QED) is 0.850. The molecule has 0 saturated carbocycles. The lowest BCUT2D eigenvalue weighted by Gasteiger charge is -2.11. The summed E-state index contributed by atoms with van der Waals surface area (Å²) in [6.45, 7) is 6.27. The van der Waals surface area contributed by atoms with E-state index in [-0.39, 0.29) is 0 Å². The van der Waals surface area contributed by atoms with E-state index in [9.17, 15) is 0 Å². The van der Waals surface area contributed by atoms with Gasteiger partial charge in [0, 0.05) is 22.8 Å². The molecule has 0 aliphatic carbocycles. The Balaban J connectivity index is 1.67. The van der Waals surface area contributed by atoms with Crippen LogP contribution in [0.4, 0.5) is 0 Å². The summed E-state index contributed by atoms with van der Waals surface area (Å²) in [7, 11) is 0. The van der Waals surface area contributed by atoms with Crippen LogP contribution in [-0.4, -0.2) is 18.8 Å². The van der Waals surface area contributed by atoms with Crippen LogP contribution in [0.2, 0.25) is 0 Å². The molecule has 2 atom stereocenters. The standard InChI is InChI=1S/C12H19NOS/c1-9-3-5-11(14-9)7-13-8-12-6-4-10(2)15-12/h4,6,9,11,13H,3,5,7-8H2,1-2H3. The van der Waals surface area contributed by atoms with Crippen molar-refractivity contribution < 1.29 is 4.74 Å². The average Bonchev–Trinajstić information content (AvgIpc) is 2.76. The summed E-state index contributed by atoms with van der Waals surface area (Å²) >= 11 is 1.87. The predicted molar refractivity (Wildman–Crippen MR) is 64.3 cm³/mol. The fraction of sp³-hybridized carbons (Fsp3) is 0.667. The fourth-order valence-electron chi connectivity index (χ4n) is 1.97. The monoisotopic (exact) mass is 225 g/mol. The van der Waals surface area contributed by atoms with E-state index in [1.165, 1.54) is 22.6 Å². The third-order valence-corrected chi connectivity index (χ3v) is 3.79. The number of thiophene rings is 1. The molecule has 1 aliphatic heterocycles. The molecule has 1 aromatic rings. The zero-order valence-corrected chi connectivity index (χ0v) is 10.3. The van der Waals surface area contributed by atoms with Gasteiger partial charge in [0.25, 0.3) is 0 Å². The maximum absolute atomic E-state index is 5.75. The minimum absolute atomic E-state index is 0.432. The molecule has 1 aromatic heterocycles. The zero-order valence-electron chi connectivity index (χ0n) is 9.45. The zero-order chi connectivity index (χ0) is 10.7. The van der Waals surface area contributed by atoms with Gasteiger partial charge in [-0.1, -0.05) is 0 Å². The van der Waals surface area contributed by atoms with Crippen LogP contribution in [0.1, 0.15) is 29.5 Å². The fourth-order valence-corrected chi connectivity index (χ4v) is 2.83. The molecular weight excluding hydrogens is 206 g/mol. The van der Waals surface area contributed by atoms with Crippen molar-refractivity contribution in [1.29, 1.82) is 0 Å². The second kappa shape index (κ2) is 5.10. The number of hydrogen-bond acceptors (Lipinski definition) is 3. The first-order valence-electron chi connectivity index (χ1n) is 5.65. The molecule has 0 radical (unpaired) electrons. The largest absolute Gasteiger partial charge is 0.374 e. The highest BCUT2D eigenvalue weighted by Crippen LogP contribution is 2.19. The Labute approximate surface area is 95.6 Å². The maximum atomic E-state index is 5.75. The minimum Gasteiger partial charge on any atom is -0.374 e. The summed E-state index contributed by atoms with van der Waals surface area (Å²) in [6.07, 6.45) is 3.31. The molecule has 0 bridgehead atoms. The highest BCUT2D eigenvalue weighted by Gasteiger charge is 2.20. The Kier molecular flexibility index (Phi) is 3.78. The van der Waals surface area contributed by atoms with Crippen molar-refractivity contribution in [3.63, 3.8) is 0 Å². The van der Waals surface area contributed by atoms with Gasteiger partial charge in [-0.3, -0.25) is 0 Å². The van der Waals surface area contributed by atoms with E-state index in [1.54, 1.807) is 0 Å². The Bertz CT molecular complexity index is 310. The van der Waals surface area contributed by atoms with E-state index in [0.717, 1.165) is 13.1 Å². The van der Waals surface area contributed by atoms with Crippen LogP contribution in [0.15, 0.2) is 12.1 Å². The van der Waals surface area contributed by atoms with Crippen molar-refractivity contribution >= 4 is 11.3 Å². The van der Waals surface area contributed by atoms with Gasteiger partial charge in [0.2, 0.25) is 0 Å². The number of aryl methyl sites for hydroxylation is 1. The van der Waals surface area contributed by atoms with E-state index in [0.29, 0.717) is 12.2 Å². The Morgan fingerprint density at radius 2 is 2.33 bits per heavy atom. The van der Waals surface area contributed by atoms with Crippen LogP contribution >= 0.6 is 11.3 Å². The first-order valence-corrected chi connectivity index (χ1v) is 6.47. The van der Waals surface area contributed by atoms with Crippen LogP contribution in [0.3, 0.4) is 0 Å². The Morgan fingerprint density at radius 1 is 1.47 bits per heavy atom. The first kappa shape index (κ1) is 11.1. The molecule has 1 aliphatic rings. The summed E-state index contributed by atoms with van der Waals surface area (Å²) in [5.74, 6) is 0. The molecular formula is C12H19NOS. The van der Waals surface area contributed by atoms with E-state index in [2.05, 4.69) is 31.3 Å². The molecule has 0 amide bonds. The summed E-state index contributed by atoms with van der Waals surface area (Å²) in [4.78, 5) is 2.80. The van der Waals surface area contributed by atoms with Crippen LogP contribution in [0, 0.1) is 6.92 Å². The number of rotatable bonds is 4. The molecule has 15 heavy (non-hydrogen) atoms. The van der Waals surface area contributed by atoms with Crippen LogP contribution < -0.4 is 5.32 Å². The smallest absolute Gasteiger partial charge is 0.0704 e. The van der Waals surface area contributed by atoms with Crippen molar-refractivity contribution in [1.82, 2.24) is 5.32 Å². The van der Waals surface area contributed by atoms with Gasteiger partial charge in [-0.2, -0.15) is 0 Å². The minimum atomic E-state index is 0.432. The molecule has 1 N–H and O–H groups in total. The normalized spacial score (nSPS) is 26.0. The molecule has 2 unspecified atom stereocenters. The topological polar surface area (TPSA) is 21.3 Å². The van der Waals surface area contributed by atoms with Crippen molar-refractivity contribution in [3.8, 4) is 0 Å².